The van der Waals surface area contributed by atoms with Gasteiger partial charge in [0, 0.05) is 12.7 Å². The van der Waals surface area contributed by atoms with Crippen LogP contribution in [0.15, 0.2) is 18.3 Å². The van der Waals surface area contributed by atoms with Crippen LogP contribution in [-0.2, 0) is 0 Å². The molecule has 4 heteroatoms. The maximum absolute atomic E-state index is 12.6. The molecule has 0 saturated heterocycles. The van der Waals surface area contributed by atoms with E-state index in [1.807, 2.05) is 0 Å². The second kappa shape index (κ2) is 8.62. The van der Waals surface area contributed by atoms with Crippen molar-refractivity contribution in [3.8, 4) is 0 Å². The number of unbranched alkanes of at least 4 members (excludes halogenated alkanes) is 3. The second-order valence-corrected chi connectivity index (χ2v) is 5.22. The largest absolute Gasteiger partial charge is 0.352 e. The van der Waals surface area contributed by atoms with Gasteiger partial charge in [-0.15, -0.1) is 0 Å². The van der Waals surface area contributed by atoms with Gasteiger partial charge in [0.15, 0.2) is 0 Å². The van der Waals surface area contributed by atoms with Crippen LogP contribution in [0.4, 0.5) is 4.39 Å². The predicted molar refractivity (Wildman–Crippen MR) is 74.5 cm³/mol. The van der Waals surface area contributed by atoms with E-state index in [9.17, 15) is 9.18 Å². The lowest BCUT2D eigenvalue weighted by molar-refractivity contribution is 0.0952. The van der Waals surface area contributed by atoms with Crippen molar-refractivity contribution >= 4 is 5.91 Å². The fourth-order valence-electron chi connectivity index (χ4n) is 1.85. The van der Waals surface area contributed by atoms with E-state index in [2.05, 4.69) is 24.1 Å². The first kappa shape index (κ1) is 15.6. The lowest BCUT2D eigenvalue weighted by atomic mass is 10.0. The lowest BCUT2D eigenvalue weighted by Crippen LogP contribution is -2.24. The lowest BCUT2D eigenvalue weighted by Gasteiger charge is -2.06. The summed E-state index contributed by atoms with van der Waals surface area (Å²) in [5.41, 5.74) is 0.404. The Morgan fingerprint density at radius 2 is 2.00 bits per heavy atom. The number of hydrogen-bond acceptors (Lipinski definition) is 2. The fourth-order valence-corrected chi connectivity index (χ4v) is 1.85. The third kappa shape index (κ3) is 6.89. The van der Waals surface area contributed by atoms with Gasteiger partial charge in [0.25, 0.3) is 5.91 Å². The molecule has 0 aliphatic heterocycles. The third-order valence-corrected chi connectivity index (χ3v) is 2.98. The molecular weight excluding hydrogens is 243 g/mol. The Morgan fingerprint density at radius 3 is 2.63 bits per heavy atom. The van der Waals surface area contributed by atoms with Crippen LogP contribution in [0.3, 0.4) is 0 Å². The van der Waals surface area contributed by atoms with Crippen LogP contribution in [0.2, 0.25) is 0 Å². The number of amides is 1. The summed E-state index contributed by atoms with van der Waals surface area (Å²) < 4.78 is 12.6. The van der Waals surface area contributed by atoms with Gasteiger partial charge in [0.2, 0.25) is 5.95 Å². The predicted octanol–water partition coefficient (Wildman–Crippen LogP) is 3.56. The van der Waals surface area contributed by atoms with Crippen molar-refractivity contribution in [2.24, 2.45) is 5.92 Å². The zero-order valence-corrected chi connectivity index (χ0v) is 11.8. The molecule has 1 heterocycles. The van der Waals surface area contributed by atoms with Crippen molar-refractivity contribution in [1.29, 1.82) is 0 Å². The molecule has 0 radical (unpaired) electrons. The summed E-state index contributed by atoms with van der Waals surface area (Å²) in [6.07, 6.45) is 7.12. The zero-order chi connectivity index (χ0) is 14.1. The summed E-state index contributed by atoms with van der Waals surface area (Å²) in [5.74, 6) is 0.0158. The van der Waals surface area contributed by atoms with Gasteiger partial charge in [-0.05, 0) is 24.5 Å². The maximum Gasteiger partial charge on any atom is 0.252 e. The van der Waals surface area contributed by atoms with E-state index in [0.717, 1.165) is 18.8 Å². The van der Waals surface area contributed by atoms with Gasteiger partial charge in [-0.25, -0.2) is 4.98 Å². The Bertz CT molecular complexity index is 376. The molecule has 0 aromatic carbocycles. The van der Waals surface area contributed by atoms with E-state index < -0.39 is 5.95 Å². The quantitative estimate of drug-likeness (QED) is 0.577. The van der Waals surface area contributed by atoms with Crippen LogP contribution in [0.1, 0.15) is 56.3 Å². The molecule has 19 heavy (non-hydrogen) atoms. The number of halogens is 1. The van der Waals surface area contributed by atoms with Crippen LogP contribution in [0.25, 0.3) is 0 Å². The van der Waals surface area contributed by atoms with Gasteiger partial charge >= 0.3 is 0 Å². The zero-order valence-electron chi connectivity index (χ0n) is 11.8. The molecule has 0 fully saturated rings. The van der Waals surface area contributed by atoms with E-state index in [1.54, 1.807) is 0 Å². The summed E-state index contributed by atoms with van der Waals surface area (Å²) in [6, 6.07) is 2.64. The smallest absolute Gasteiger partial charge is 0.252 e. The van der Waals surface area contributed by atoms with Crippen LogP contribution in [0.5, 0.6) is 0 Å². The molecule has 0 unspecified atom stereocenters. The number of carbonyl (C=O) groups is 1. The van der Waals surface area contributed by atoms with Crippen molar-refractivity contribution in [3.63, 3.8) is 0 Å². The number of hydrogen-bond donors (Lipinski definition) is 1. The standard InChI is InChI=1S/C15H23FN2O/c1-12(2)7-5-3-4-6-10-17-15(19)13-8-9-14(16)18-11-13/h8-9,11-12H,3-7,10H2,1-2H3,(H,17,19). The molecule has 106 valence electrons. The average Bonchev–Trinajstić information content (AvgIpc) is 2.38. The molecule has 1 aromatic heterocycles. The molecule has 0 bridgehead atoms. The summed E-state index contributed by atoms with van der Waals surface area (Å²) in [6.45, 7) is 5.13. The number of nitrogens with one attached hydrogen (secondary N) is 1. The number of nitrogens with zero attached hydrogens (tertiary/aromatic N) is 1. The third-order valence-electron chi connectivity index (χ3n) is 2.98. The molecule has 1 rings (SSSR count). The van der Waals surface area contributed by atoms with E-state index in [4.69, 9.17) is 0 Å². The van der Waals surface area contributed by atoms with E-state index in [-0.39, 0.29) is 5.91 Å². The summed E-state index contributed by atoms with van der Waals surface area (Å²) in [7, 11) is 0. The topological polar surface area (TPSA) is 42.0 Å². The van der Waals surface area contributed by atoms with Crippen LogP contribution in [-0.4, -0.2) is 17.4 Å². The van der Waals surface area contributed by atoms with Gasteiger partial charge in [-0.2, -0.15) is 4.39 Å². The maximum atomic E-state index is 12.6. The van der Waals surface area contributed by atoms with Crippen LogP contribution >= 0.6 is 0 Å². The van der Waals surface area contributed by atoms with Gasteiger partial charge in [0.05, 0.1) is 5.56 Å². The summed E-state index contributed by atoms with van der Waals surface area (Å²) in [4.78, 5) is 15.1. The van der Waals surface area contributed by atoms with Gasteiger partial charge in [-0.3, -0.25) is 4.79 Å². The molecular formula is C15H23FN2O. The Balaban J connectivity index is 2.09. The summed E-state index contributed by atoms with van der Waals surface area (Å²) in [5, 5.41) is 2.82. The van der Waals surface area contributed by atoms with Crippen LogP contribution in [0, 0.1) is 11.9 Å². The van der Waals surface area contributed by atoms with Crippen molar-refractivity contribution in [2.75, 3.05) is 6.54 Å². The first-order valence-corrected chi connectivity index (χ1v) is 6.99. The highest BCUT2D eigenvalue weighted by atomic mass is 19.1. The molecule has 0 atom stereocenters. The highest BCUT2D eigenvalue weighted by molar-refractivity contribution is 5.93. The Morgan fingerprint density at radius 1 is 1.26 bits per heavy atom. The van der Waals surface area contributed by atoms with Gasteiger partial charge < -0.3 is 5.32 Å². The van der Waals surface area contributed by atoms with Crippen molar-refractivity contribution < 1.29 is 9.18 Å². The average molecular weight is 266 g/mol. The molecule has 1 aromatic rings. The molecule has 3 nitrogen and oxygen atoms in total. The van der Waals surface area contributed by atoms with E-state index in [0.29, 0.717) is 12.1 Å². The molecule has 0 spiro atoms. The molecule has 0 aliphatic rings. The SMILES string of the molecule is CC(C)CCCCCCNC(=O)c1ccc(F)nc1. The molecule has 1 amide bonds. The van der Waals surface area contributed by atoms with Crippen molar-refractivity contribution in [1.82, 2.24) is 10.3 Å². The monoisotopic (exact) mass is 266 g/mol. The van der Waals surface area contributed by atoms with Crippen molar-refractivity contribution in [3.05, 3.63) is 29.8 Å². The minimum Gasteiger partial charge on any atom is -0.352 e. The number of aromatic nitrogens is 1. The Labute approximate surface area is 114 Å². The summed E-state index contributed by atoms with van der Waals surface area (Å²) >= 11 is 0. The molecule has 1 N–H and O–H groups in total. The number of carbonyl (C=O) groups excluding carboxylic acids is 1. The van der Waals surface area contributed by atoms with Crippen molar-refractivity contribution in [2.45, 2.75) is 46.0 Å². The van der Waals surface area contributed by atoms with E-state index in [1.165, 1.54) is 37.6 Å². The molecule has 0 saturated carbocycles. The van der Waals surface area contributed by atoms with E-state index >= 15 is 0 Å². The highest BCUT2D eigenvalue weighted by Crippen LogP contribution is 2.09. The highest BCUT2D eigenvalue weighted by Gasteiger charge is 2.05. The minimum absolute atomic E-state index is 0.185. The number of pyridine rings is 1. The van der Waals surface area contributed by atoms with Gasteiger partial charge in [0.1, 0.15) is 0 Å². The minimum atomic E-state index is -0.568. The Hall–Kier alpha value is -1.45. The first-order valence-electron chi connectivity index (χ1n) is 6.99. The molecule has 0 aliphatic carbocycles. The fraction of sp³-hybridized carbons (Fsp3) is 0.600. The Kier molecular flexibility index (Phi) is 7.08. The number of rotatable bonds is 8. The van der Waals surface area contributed by atoms with Crippen LogP contribution < -0.4 is 5.32 Å². The normalized spacial score (nSPS) is 10.7. The second-order valence-electron chi connectivity index (χ2n) is 5.22. The first-order chi connectivity index (χ1) is 9.09. The van der Waals surface area contributed by atoms with Gasteiger partial charge in [-0.1, -0.05) is 39.5 Å².